The molecule has 0 amide bonds. The third-order valence-corrected chi connectivity index (χ3v) is 14.6. The fraction of sp³-hybridized carbons (Fsp3) is 0.379. The summed E-state index contributed by atoms with van der Waals surface area (Å²) in [5.74, 6) is 0.350. The monoisotopic (exact) mass is 526 g/mol. The molecule has 1 aliphatic heterocycles. The summed E-state index contributed by atoms with van der Waals surface area (Å²) in [4.78, 5) is 0.283. The van der Waals surface area contributed by atoms with Gasteiger partial charge >= 0.3 is 0 Å². The lowest BCUT2D eigenvalue weighted by atomic mass is 10.00. The first kappa shape index (κ1) is 26.4. The lowest BCUT2D eigenvalue weighted by Crippen LogP contribution is -2.50. The Hall–Kier alpha value is -2.64. The van der Waals surface area contributed by atoms with E-state index in [0.717, 1.165) is 16.9 Å². The van der Waals surface area contributed by atoms with E-state index in [4.69, 9.17) is 9.16 Å². The Kier molecular flexibility index (Phi) is 7.62. The fourth-order valence-electron chi connectivity index (χ4n) is 5.55. The second-order valence-electron chi connectivity index (χ2n) is 10.4. The Labute approximate surface area is 218 Å². The van der Waals surface area contributed by atoms with E-state index in [1.165, 1.54) is 17.8 Å². The predicted molar refractivity (Wildman–Crippen MR) is 146 cm³/mol. The predicted octanol–water partition coefficient (Wildman–Crippen LogP) is 8.76. The van der Waals surface area contributed by atoms with Crippen LogP contribution in [0.25, 0.3) is 0 Å². The van der Waals surface area contributed by atoms with Gasteiger partial charge in [0, 0.05) is 0 Å². The molecule has 0 saturated carbocycles. The van der Waals surface area contributed by atoms with Gasteiger partial charge < -0.3 is 19.4 Å². The molecular weight excluding hydrogens is 491 g/mol. The number of phenolic OH excluding ortho intramolecular Hbond substituents is 2. The highest BCUT2D eigenvalue weighted by Gasteiger charge is 2.47. The highest BCUT2D eigenvalue weighted by atomic mass is 32.2. The summed E-state index contributed by atoms with van der Waals surface area (Å²) in [6, 6.07) is 17.9. The number of benzene rings is 3. The summed E-state index contributed by atoms with van der Waals surface area (Å²) >= 11 is 1.32. The van der Waals surface area contributed by atoms with Gasteiger partial charge in [-0.3, -0.25) is 0 Å². The van der Waals surface area contributed by atoms with Gasteiger partial charge in [0.25, 0.3) is 8.32 Å². The Morgan fingerprint density at radius 2 is 1.36 bits per heavy atom. The van der Waals surface area contributed by atoms with E-state index in [2.05, 4.69) is 41.5 Å². The number of phenols is 2. The number of hydrogen-bond donors (Lipinski definition) is 2. The van der Waals surface area contributed by atoms with E-state index < -0.39 is 26.0 Å². The summed E-state index contributed by atoms with van der Waals surface area (Å²) in [5.41, 5.74) is 3.24. The zero-order chi connectivity index (χ0) is 26.2. The maximum Gasteiger partial charge on any atom is 0.258 e. The fourth-order valence-corrected chi connectivity index (χ4v) is 12.1. The summed E-state index contributed by atoms with van der Waals surface area (Å²) in [6.45, 7) is 13.6. The van der Waals surface area contributed by atoms with Crippen molar-refractivity contribution >= 4 is 20.1 Å². The van der Waals surface area contributed by atoms with Crippen molar-refractivity contribution < 1.29 is 23.8 Å². The minimum atomic E-state index is -2.08. The first-order valence-corrected chi connectivity index (χ1v) is 15.5. The average Bonchev–Trinajstić information content (AvgIpc) is 2.84. The van der Waals surface area contributed by atoms with Crippen molar-refractivity contribution in [2.24, 2.45) is 0 Å². The van der Waals surface area contributed by atoms with Gasteiger partial charge in [0.15, 0.2) is 11.6 Å². The van der Waals surface area contributed by atoms with Gasteiger partial charge in [-0.2, -0.15) is 0 Å². The first-order chi connectivity index (χ1) is 17.0. The molecule has 36 heavy (non-hydrogen) atoms. The molecule has 0 bridgehead atoms. The van der Waals surface area contributed by atoms with Crippen molar-refractivity contribution in [3.05, 3.63) is 77.6 Å². The molecule has 2 N–H and O–H groups in total. The van der Waals surface area contributed by atoms with E-state index in [1.54, 1.807) is 18.2 Å². The molecule has 3 aromatic rings. The van der Waals surface area contributed by atoms with Crippen LogP contribution in [-0.2, 0) is 0 Å². The molecule has 0 aromatic heterocycles. The highest BCUT2D eigenvalue weighted by Crippen LogP contribution is 2.55. The zero-order valence-electron chi connectivity index (χ0n) is 21.7. The minimum Gasteiger partial charge on any atom is -0.543 e. The van der Waals surface area contributed by atoms with Crippen LogP contribution in [-0.4, -0.2) is 18.5 Å². The Morgan fingerprint density at radius 3 is 1.92 bits per heavy atom. The molecule has 0 saturated heterocycles. The first-order valence-electron chi connectivity index (χ1n) is 12.5. The molecule has 0 aliphatic carbocycles. The number of fused-ring (bicyclic) bond motifs is 1. The number of rotatable bonds is 7. The van der Waals surface area contributed by atoms with Gasteiger partial charge in [0.1, 0.15) is 23.4 Å². The molecule has 4 rings (SSSR count). The zero-order valence-corrected chi connectivity index (χ0v) is 23.5. The van der Waals surface area contributed by atoms with Crippen LogP contribution < -0.4 is 9.16 Å². The molecule has 1 heterocycles. The van der Waals surface area contributed by atoms with Crippen LogP contribution in [0.5, 0.6) is 23.0 Å². The van der Waals surface area contributed by atoms with E-state index in [0.29, 0.717) is 22.4 Å². The van der Waals surface area contributed by atoms with E-state index in [-0.39, 0.29) is 15.9 Å². The molecule has 0 radical (unpaired) electrons. The SMILES string of the molecule is CC(C)[Si](Oc1ccc([C@H]2Oc3ccc(O)c(F)c3S[C@H]2c2ccc(O)cc2)cc1)(C(C)C)C(C)C. The lowest BCUT2D eigenvalue weighted by Gasteiger charge is -2.42. The number of hydrogen-bond acceptors (Lipinski definition) is 5. The normalized spacial score (nSPS) is 17.8. The topological polar surface area (TPSA) is 58.9 Å². The third kappa shape index (κ3) is 4.83. The largest absolute Gasteiger partial charge is 0.543 e. The van der Waals surface area contributed by atoms with Crippen molar-refractivity contribution in [1.29, 1.82) is 0 Å². The van der Waals surface area contributed by atoms with Gasteiger partial charge in [-0.25, -0.2) is 4.39 Å². The molecule has 1 aliphatic rings. The number of halogens is 1. The van der Waals surface area contributed by atoms with Gasteiger partial charge in [-0.15, -0.1) is 11.8 Å². The lowest BCUT2D eigenvalue weighted by molar-refractivity contribution is 0.188. The number of aromatic hydroxyl groups is 2. The standard InChI is InChI=1S/C29H35FO4SSi/c1-17(2)36(18(3)4,19(5)6)34-23-13-9-20(10-14-23)27-28(21-7-11-22(31)12-8-21)35-29-25(33-27)16-15-24(32)26(29)30/h7-19,27-28,31-32H,1-6H3/t27-,28+/m1/s1. The van der Waals surface area contributed by atoms with E-state index in [1.807, 2.05) is 36.4 Å². The number of ether oxygens (including phenoxy) is 1. The van der Waals surface area contributed by atoms with Crippen molar-refractivity contribution in [2.75, 3.05) is 0 Å². The summed E-state index contributed by atoms with van der Waals surface area (Å²) < 4.78 is 27.9. The van der Waals surface area contributed by atoms with Crippen molar-refractivity contribution in [3.8, 4) is 23.0 Å². The van der Waals surface area contributed by atoms with Gasteiger partial charge in [-0.05, 0) is 64.1 Å². The molecular formula is C29H35FO4SSi. The van der Waals surface area contributed by atoms with Crippen LogP contribution in [0.4, 0.5) is 4.39 Å². The van der Waals surface area contributed by atoms with Crippen molar-refractivity contribution in [1.82, 2.24) is 0 Å². The van der Waals surface area contributed by atoms with Gasteiger partial charge in [0.2, 0.25) is 0 Å². The Morgan fingerprint density at radius 1 is 0.806 bits per heavy atom. The Bertz CT molecular complexity index is 1170. The van der Waals surface area contributed by atoms with E-state index in [9.17, 15) is 14.6 Å². The molecule has 0 spiro atoms. The maximum atomic E-state index is 14.8. The summed E-state index contributed by atoms with van der Waals surface area (Å²) in [7, 11) is -2.08. The molecule has 7 heteroatoms. The van der Waals surface area contributed by atoms with Crippen molar-refractivity contribution in [2.45, 2.75) is 74.4 Å². The third-order valence-electron chi connectivity index (χ3n) is 7.25. The molecule has 0 unspecified atom stereocenters. The Balaban J connectivity index is 1.70. The quantitative estimate of drug-likeness (QED) is 0.301. The van der Waals surface area contributed by atoms with Crippen LogP contribution in [0.1, 0.15) is 64.0 Å². The van der Waals surface area contributed by atoms with Crippen LogP contribution in [0.2, 0.25) is 16.6 Å². The second-order valence-corrected chi connectivity index (χ2v) is 16.9. The minimum absolute atomic E-state index is 0.163. The van der Waals surface area contributed by atoms with Gasteiger partial charge in [-0.1, -0.05) is 65.8 Å². The molecule has 2 atom stereocenters. The van der Waals surface area contributed by atoms with Crippen LogP contribution in [0.3, 0.4) is 0 Å². The summed E-state index contributed by atoms with van der Waals surface area (Å²) in [5, 5.41) is 19.4. The molecule has 192 valence electrons. The van der Waals surface area contributed by atoms with Crippen LogP contribution in [0.15, 0.2) is 65.6 Å². The molecule has 3 aromatic carbocycles. The molecule has 0 fully saturated rings. The van der Waals surface area contributed by atoms with Crippen LogP contribution in [0, 0.1) is 5.82 Å². The summed E-state index contributed by atoms with van der Waals surface area (Å²) in [6.07, 6.45) is -0.396. The average molecular weight is 527 g/mol. The maximum absolute atomic E-state index is 14.8. The van der Waals surface area contributed by atoms with Gasteiger partial charge in [0.05, 0.1) is 10.1 Å². The van der Waals surface area contributed by atoms with Crippen LogP contribution >= 0.6 is 11.8 Å². The number of thioether (sulfide) groups is 1. The second kappa shape index (κ2) is 10.4. The smallest absolute Gasteiger partial charge is 0.258 e. The van der Waals surface area contributed by atoms with E-state index >= 15 is 0 Å². The molecule has 4 nitrogen and oxygen atoms in total. The van der Waals surface area contributed by atoms with Crippen molar-refractivity contribution in [3.63, 3.8) is 0 Å². The highest BCUT2D eigenvalue weighted by molar-refractivity contribution is 7.99.